The maximum absolute atomic E-state index is 13.4. The van der Waals surface area contributed by atoms with E-state index in [2.05, 4.69) is 44.4 Å². The maximum Gasteiger partial charge on any atom is 0.174 e. The average Bonchev–Trinajstić information content (AvgIpc) is 3.45. The van der Waals surface area contributed by atoms with Crippen LogP contribution in [-0.2, 0) is 0 Å². The number of nitrogens with zero attached hydrogens (tertiary/aromatic N) is 3. The molecule has 1 N–H and O–H groups in total. The third kappa shape index (κ3) is 4.07. The molecule has 0 radical (unpaired) electrons. The number of nitrogens with one attached hydrogen (secondary N) is 1. The zero-order valence-electron chi connectivity index (χ0n) is 18.3. The molecule has 33 heavy (non-hydrogen) atoms. The molecule has 1 saturated heterocycles. The first-order valence-electron chi connectivity index (χ1n) is 10.6. The third-order valence-corrected chi connectivity index (χ3v) is 6.10. The van der Waals surface area contributed by atoms with Crippen molar-refractivity contribution in [2.75, 3.05) is 23.9 Å². The number of rotatable bonds is 5. The molecule has 0 bridgehead atoms. The average molecular weight is 459 g/mol. The Bertz CT molecular complexity index is 1260. The molecule has 3 heterocycles. The predicted molar refractivity (Wildman–Crippen MR) is 133 cm³/mol. The molecule has 0 spiro atoms. The van der Waals surface area contributed by atoms with Gasteiger partial charge in [0.15, 0.2) is 5.11 Å². The summed E-state index contributed by atoms with van der Waals surface area (Å²) in [6.45, 7) is 0. The number of furan rings is 1. The molecule has 5 nitrogen and oxygen atoms in total. The molecule has 7 heteroatoms. The van der Waals surface area contributed by atoms with Crippen LogP contribution in [-0.4, -0.2) is 24.2 Å². The Labute approximate surface area is 197 Å². The molecule has 166 valence electrons. The van der Waals surface area contributed by atoms with E-state index in [-0.39, 0.29) is 17.9 Å². The molecular weight excluding hydrogens is 435 g/mol. The number of halogens is 1. The van der Waals surface area contributed by atoms with E-state index in [0.717, 1.165) is 28.4 Å². The molecule has 0 unspecified atom stereocenters. The highest BCUT2D eigenvalue weighted by molar-refractivity contribution is 7.80. The van der Waals surface area contributed by atoms with Gasteiger partial charge in [-0.3, -0.25) is 4.98 Å². The summed E-state index contributed by atoms with van der Waals surface area (Å²) in [5, 5.41) is 4.04. The van der Waals surface area contributed by atoms with Gasteiger partial charge in [-0.1, -0.05) is 6.07 Å². The van der Waals surface area contributed by atoms with E-state index in [1.165, 1.54) is 12.1 Å². The molecule has 4 aromatic rings. The van der Waals surface area contributed by atoms with Crippen molar-refractivity contribution in [1.82, 2.24) is 10.3 Å². The second-order valence-electron chi connectivity index (χ2n) is 8.12. The van der Waals surface area contributed by atoms with E-state index in [1.54, 1.807) is 18.3 Å². The smallest absolute Gasteiger partial charge is 0.174 e. The lowest BCUT2D eigenvalue weighted by Crippen LogP contribution is -2.29. The summed E-state index contributed by atoms with van der Waals surface area (Å²) in [5.41, 5.74) is 3.75. The summed E-state index contributed by atoms with van der Waals surface area (Å²) >= 11 is 5.77. The van der Waals surface area contributed by atoms with Gasteiger partial charge < -0.3 is 19.5 Å². The zero-order valence-corrected chi connectivity index (χ0v) is 19.1. The van der Waals surface area contributed by atoms with E-state index in [0.29, 0.717) is 10.9 Å². The normalized spacial score (nSPS) is 17.8. The SMILES string of the molecule is CN(C)c1ccc(N2C(=S)N[C@@H](c3ccccn3)[C@@H]2c2ccc(-c3ccc(F)cc3)o2)cc1. The highest BCUT2D eigenvalue weighted by Crippen LogP contribution is 2.43. The van der Waals surface area contributed by atoms with Gasteiger partial charge in [-0.25, -0.2) is 4.39 Å². The van der Waals surface area contributed by atoms with Gasteiger partial charge in [-0.05, 0) is 85.0 Å². The lowest BCUT2D eigenvalue weighted by atomic mass is 10.0. The van der Waals surface area contributed by atoms with E-state index in [4.69, 9.17) is 16.6 Å². The molecule has 1 aliphatic rings. The molecule has 2 aromatic heterocycles. The van der Waals surface area contributed by atoms with Crippen LogP contribution in [0.25, 0.3) is 11.3 Å². The Hall–Kier alpha value is -3.71. The minimum atomic E-state index is -0.279. The van der Waals surface area contributed by atoms with Crippen molar-refractivity contribution in [2.45, 2.75) is 12.1 Å². The lowest BCUT2D eigenvalue weighted by molar-refractivity contribution is 0.439. The summed E-state index contributed by atoms with van der Waals surface area (Å²) in [6.07, 6.45) is 1.78. The second kappa shape index (κ2) is 8.67. The Morgan fingerprint density at radius 1 is 0.970 bits per heavy atom. The van der Waals surface area contributed by atoms with Gasteiger partial charge in [0, 0.05) is 37.2 Å². The van der Waals surface area contributed by atoms with E-state index >= 15 is 0 Å². The van der Waals surface area contributed by atoms with Gasteiger partial charge >= 0.3 is 0 Å². The van der Waals surface area contributed by atoms with Crippen molar-refractivity contribution in [3.63, 3.8) is 0 Å². The monoisotopic (exact) mass is 458 g/mol. The molecule has 0 amide bonds. The van der Waals surface area contributed by atoms with Crippen molar-refractivity contribution in [1.29, 1.82) is 0 Å². The highest BCUT2D eigenvalue weighted by Gasteiger charge is 2.42. The minimum absolute atomic E-state index is 0.195. The number of aromatic nitrogens is 1. The molecule has 5 rings (SSSR count). The summed E-state index contributed by atoms with van der Waals surface area (Å²) in [7, 11) is 4.02. The number of hydrogen-bond acceptors (Lipinski definition) is 4. The number of thiocarbonyl (C=S) groups is 1. The fourth-order valence-electron chi connectivity index (χ4n) is 4.11. The van der Waals surface area contributed by atoms with Crippen molar-refractivity contribution < 1.29 is 8.81 Å². The molecule has 2 aromatic carbocycles. The van der Waals surface area contributed by atoms with Crippen LogP contribution in [0.2, 0.25) is 0 Å². The van der Waals surface area contributed by atoms with Gasteiger partial charge in [-0.2, -0.15) is 0 Å². The van der Waals surface area contributed by atoms with Crippen LogP contribution in [0.5, 0.6) is 0 Å². The van der Waals surface area contributed by atoms with Crippen LogP contribution in [0, 0.1) is 5.82 Å². The topological polar surface area (TPSA) is 44.5 Å². The fourth-order valence-corrected chi connectivity index (χ4v) is 4.46. The van der Waals surface area contributed by atoms with Crippen LogP contribution >= 0.6 is 12.2 Å². The van der Waals surface area contributed by atoms with Gasteiger partial charge in [0.1, 0.15) is 23.4 Å². The first kappa shape index (κ1) is 21.2. The molecule has 1 aliphatic heterocycles. The summed E-state index contributed by atoms with van der Waals surface area (Å²) in [5.74, 6) is 1.14. The number of hydrogen-bond donors (Lipinski definition) is 1. The predicted octanol–water partition coefficient (Wildman–Crippen LogP) is 5.72. The summed E-state index contributed by atoms with van der Waals surface area (Å²) in [6, 6.07) is 23.8. The van der Waals surface area contributed by atoms with Gasteiger partial charge in [0.2, 0.25) is 0 Å². The van der Waals surface area contributed by atoms with Crippen LogP contribution in [0.4, 0.5) is 15.8 Å². The minimum Gasteiger partial charge on any atom is -0.459 e. The zero-order chi connectivity index (χ0) is 22.9. The van der Waals surface area contributed by atoms with Gasteiger partial charge in [-0.15, -0.1) is 0 Å². The summed E-state index contributed by atoms with van der Waals surface area (Å²) < 4.78 is 19.7. The summed E-state index contributed by atoms with van der Waals surface area (Å²) in [4.78, 5) is 8.70. The van der Waals surface area contributed by atoms with E-state index in [1.807, 2.05) is 44.4 Å². The molecule has 2 atom stereocenters. The number of pyridine rings is 1. The molecular formula is C26H23FN4OS. The van der Waals surface area contributed by atoms with Crippen LogP contribution in [0.1, 0.15) is 23.5 Å². The van der Waals surface area contributed by atoms with Crippen LogP contribution < -0.4 is 15.1 Å². The van der Waals surface area contributed by atoms with Crippen molar-refractivity contribution in [3.05, 3.63) is 102 Å². The van der Waals surface area contributed by atoms with Gasteiger partial charge in [0.05, 0.1) is 11.7 Å². The Kier molecular flexibility index (Phi) is 5.56. The number of anilines is 2. The first-order valence-corrected chi connectivity index (χ1v) is 11.1. The van der Waals surface area contributed by atoms with Crippen LogP contribution in [0.15, 0.2) is 89.5 Å². The van der Waals surface area contributed by atoms with E-state index < -0.39 is 0 Å². The highest BCUT2D eigenvalue weighted by atomic mass is 32.1. The van der Waals surface area contributed by atoms with Crippen molar-refractivity contribution in [3.8, 4) is 11.3 Å². The molecule has 0 aliphatic carbocycles. The van der Waals surface area contributed by atoms with Gasteiger partial charge in [0.25, 0.3) is 0 Å². The van der Waals surface area contributed by atoms with E-state index in [9.17, 15) is 4.39 Å². The Morgan fingerprint density at radius 2 is 1.73 bits per heavy atom. The largest absolute Gasteiger partial charge is 0.459 e. The quantitative estimate of drug-likeness (QED) is 0.386. The lowest BCUT2D eigenvalue weighted by Gasteiger charge is -2.26. The van der Waals surface area contributed by atoms with Crippen molar-refractivity contribution in [2.24, 2.45) is 0 Å². The fraction of sp³-hybridized carbons (Fsp3) is 0.154. The Balaban J connectivity index is 1.57. The molecule has 0 saturated carbocycles. The van der Waals surface area contributed by atoms with Crippen molar-refractivity contribution >= 4 is 28.7 Å². The second-order valence-corrected chi connectivity index (χ2v) is 8.50. The van der Waals surface area contributed by atoms with Crippen LogP contribution in [0.3, 0.4) is 0 Å². The Morgan fingerprint density at radius 3 is 2.39 bits per heavy atom. The standard InChI is InChI=1S/C26H23FN4OS/c1-30(2)19-10-12-20(13-11-19)31-25(24(29-26(31)33)21-5-3-4-16-28-21)23-15-14-22(32-23)17-6-8-18(27)9-7-17/h3-16,24-25H,1-2H3,(H,29,33)/t24-,25-/m0/s1. The first-order chi connectivity index (χ1) is 16.0. The maximum atomic E-state index is 13.4. The molecule has 1 fully saturated rings. The third-order valence-electron chi connectivity index (χ3n) is 5.79. The number of benzene rings is 2.